The molecule has 0 fully saturated rings. The van der Waals surface area contributed by atoms with E-state index in [9.17, 15) is 4.79 Å². The first-order valence-corrected chi connectivity index (χ1v) is 7.48. The monoisotopic (exact) mass is 306 g/mol. The first kappa shape index (κ1) is 18.0. The maximum absolute atomic E-state index is 11.7. The number of carbonyl (C=O) groups is 1. The summed E-state index contributed by atoms with van der Waals surface area (Å²) in [6.45, 7) is 4.14. The highest BCUT2D eigenvalue weighted by molar-refractivity contribution is 5.91. The Hall–Kier alpha value is -2.01. The summed E-state index contributed by atoms with van der Waals surface area (Å²) in [4.78, 5) is 13.8. The van der Waals surface area contributed by atoms with Gasteiger partial charge in [-0.1, -0.05) is 6.07 Å². The van der Waals surface area contributed by atoms with Gasteiger partial charge in [-0.05, 0) is 57.8 Å². The Labute approximate surface area is 132 Å². The second-order valence-corrected chi connectivity index (χ2v) is 5.12. The highest BCUT2D eigenvalue weighted by atomic mass is 16.5. The highest BCUT2D eigenvalue weighted by Gasteiger charge is 2.04. The maximum Gasteiger partial charge on any atom is 0.243 e. The molecule has 0 spiro atoms. The van der Waals surface area contributed by atoms with Crippen LogP contribution in [0.15, 0.2) is 24.3 Å². The minimum atomic E-state index is -0.0911. The van der Waals surface area contributed by atoms with Crippen molar-refractivity contribution in [1.82, 2.24) is 10.2 Å². The summed E-state index contributed by atoms with van der Waals surface area (Å²) in [5, 5.41) is 2.86. The third kappa shape index (κ3) is 6.63. The summed E-state index contributed by atoms with van der Waals surface area (Å²) >= 11 is 0. The van der Waals surface area contributed by atoms with E-state index in [1.165, 1.54) is 6.08 Å². The van der Waals surface area contributed by atoms with Gasteiger partial charge in [-0.2, -0.15) is 0 Å². The number of amides is 1. The fraction of sp³-hybridized carbons (Fsp3) is 0.471. The van der Waals surface area contributed by atoms with E-state index in [2.05, 4.69) is 10.2 Å². The van der Waals surface area contributed by atoms with Crippen molar-refractivity contribution >= 4 is 12.0 Å². The largest absolute Gasteiger partial charge is 0.493 e. The smallest absolute Gasteiger partial charge is 0.243 e. The van der Waals surface area contributed by atoms with Gasteiger partial charge in [0, 0.05) is 12.6 Å². The van der Waals surface area contributed by atoms with Gasteiger partial charge in [0.05, 0.1) is 13.7 Å². The Bertz CT molecular complexity index is 499. The molecule has 0 aliphatic carbocycles. The average molecular weight is 306 g/mol. The number of nitrogens with zero attached hydrogens (tertiary/aromatic N) is 1. The summed E-state index contributed by atoms with van der Waals surface area (Å²) in [6.07, 6.45) is 4.23. The summed E-state index contributed by atoms with van der Waals surface area (Å²) in [7, 11) is 5.63. The molecule has 0 atom stereocenters. The molecule has 0 aliphatic heterocycles. The molecule has 1 aromatic carbocycles. The summed E-state index contributed by atoms with van der Waals surface area (Å²) in [5.74, 6) is 1.28. The molecule has 5 heteroatoms. The van der Waals surface area contributed by atoms with Gasteiger partial charge in [0.25, 0.3) is 0 Å². The Morgan fingerprint density at radius 2 is 2.09 bits per heavy atom. The Morgan fingerprint density at radius 1 is 1.32 bits per heavy atom. The summed E-state index contributed by atoms with van der Waals surface area (Å²) < 4.78 is 10.7. The van der Waals surface area contributed by atoms with Crippen LogP contribution in [0, 0.1) is 0 Å². The van der Waals surface area contributed by atoms with Crippen molar-refractivity contribution in [2.45, 2.75) is 13.3 Å². The SMILES string of the molecule is CCOc1ccc(/C=C/C(=O)NCCCN(C)C)cc1OC. The number of carbonyl (C=O) groups excluding carboxylic acids is 1. The van der Waals surface area contributed by atoms with Crippen LogP contribution in [-0.4, -0.2) is 51.7 Å². The molecule has 0 bridgehead atoms. The summed E-state index contributed by atoms with van der Waals surface area (Å²) in [6, 6.07) is 5.58. The molecule has 1 N–H and O–H groups in total. The van der Waals surface area contributed by atoms with Gasteiger partial charge < -0.3 is 19.7 Å². The fourth-order valence-electron chi connectivity index (χ4n) is 1.90. The normalized spacial score (nSPS) is 11.0. The van der Waals surface area contributed by atoms with E-state index < -0.39 is 0 Å². The van der Waals surface area contributed by atoms with Gasteiger partial charge >= 0.3 is 0 Å². The zero-order valence-electron chi connectivity index (χ0n) is 13.9. The molecule has 5 nitrogen and oxygen atoms in total. The van der Waals surface area contributed by atoms with Crippen molar-refractivity contribution in [2.24, 2.45) is 0 Å². The van der Waals surface area contributed by atoms with Crippen molar-refractivity contribution < 1.29 is 14.3 Å². The van der Waals surface area contributed by atoms with Crippen LogP contribution in [0.3, 0.4) is 0 Å². The second-order valence-electron chi connectivity index (χ2n) is 5.12. The van der Waals surface area contributed by atoms with E-state index >= 15 is 0 Å². The summed E-state index contributed by atoms with van der Waals surface area (Å²) in [5.41, 5.74) is 0.892. The van der Waals surface area contributed by atoms with Crippen molar-refractivity contribution in [3.8, 4) is 11.5 Å². The second kappa shape index (κ2) is 9.84. The predicted octanol–water partition coefficient (Wildman–Crippen LogP) is 2.17. The van der Waals surface area contributed by atoms with Crippen molar-refractivity contribution in [1.29, 1.82) is 0 Å². The highest BCUT2D eigenvalue weighted by Crippen LogP contribution is 2.28. The number of methoxy groups -OCH3 is 1. The lowest BCUT2D eigenvalue weighted by Crippen LogP contribution is -2.25. The van der Waals surface area contributed by atoms with Gasteiger partial charge in [-0.15, -0.1) is 0 Å². The van der Waals surface area contributed by atoms with Crippen molar-refractivity contribution in [2.75, 3.05) is 40.9 Å². The van der Waals surface area contributed by atoms with Gasteiger partial charge in [0.2, 0.25) is 5.91 Å². The van der Waals surface area contributed by atoms with E-state index in [4.69, 9.17) is 9.47 Å². The fourth-order valence-corrected chi connectivity index (χ4v) is 1.90. The van der Waals surface area contributed by atoms with Crippen molar-refractivity contribution in [3.63, 3.8) is 0 Å². The maximum atomic E-state index is 11.7. The number of nitrogens with one attached hydrogen (secondary N) is 1. The average Bonchev–Trinajstić information content (AvgIpc) is 2.50. The molecule has 22 heavy (non-hydrogen) atoms. The van der Waals surface area contributed by atoms with E-state index in [0.29, 0.717) is 24.7 Å². The minimum absolute atomic E-state index is 0.0911. The van der Waals surface area contributed by atoms with Crippen LogP contribution in [0.25, 0.3) is 6.08 Å². The zero-order chi connectivity index (χ0) is 16.4. The van der Waals surface area contributed by atoms with Gasteiger partial charge in [0.15, 0.2) is 11.5 Å². The topological polar surface area (TPSA) is 50.8 Å². The van der Waals surface area contributed by atoms with Crippen LogP contribution < -0.4 is 14.8 Å². The van der Waals surface area contributed by atoms with Crippen LogP contribution in [0.2, 0.25) is 0 Å². The lowest BCUT2D eigenvalue weighted by Gasteiger charge is -2.09. The van der Waals surface area contributed by atoms with Gasteiger partial charge in [-0.25, -0.2) is 0 Å². The molecule has 1 rings (SSSR count). The van der Waals surface area contributed by atoms with Crippen LogP contribution in [-0.2, 0) is 4.79 Å². The van der Waals surface area contributed by atoms with Crippen LogP contribution in [0.1, 0.15) is 18.9 Å². The van der Waals surface area contributed by atoms with Gasteiger partial charge in [0.1, 0.15) is 0 Å². The Kier molecular flexibility index (Phi) is 8.07. The third-order valence-electron chi connectivity index (χ3n) is 3.00. The number of hydrogen-bond acceptors (Lipinski definition) is 4. The molecule has 1 aromatic rings. The van der Waals surface area contributed by atoms with E-state index in [1.54, 1.807) is 13.2 Å². The molecular formula is C17H26N2O3. The lowest BCUT2D eigenvalue weighted by atomic mass is 10.2. The third-order valence-corrected chi connectivity index (χ3v) is 3.00. The molecule has 0 saturated carbocycles. The molecule has 122 valence electrons. The van der Waals surface area contributed by atoms with Crippen LogP contribution in [0.5, 0.6) is 11.5 Å². The first-order chi connectivity index (χ1) is 10.6. The number of benzene rings is 1. The van der Waals surface area contributed by atoms with Gasteiger partial charge in [-0.3, -0.25) is 4.79 Å². The molecule has 0 aliphatic rings. The lowest BCUT2D eigenvalue weighted by molar-refractivity contribution is -0.116. The van der Waals surface area contributed by atoms with E-state index in [0.717, 1.165) is 18.5 Å². The van der Waals surface area contributed by atoms with Crippen LogP contribution in [0.4, 0.5) is 0 Å². The number of hydrogen-bond donors (Lipinski definition) is 1. The predicted molar refractivity (Wildman–Crippen MR) is 89.4 cm³/mol. The number of ether oxygens (including phenoxy) is 2. The Morgan fingerprint density at radius 3 is 2.73 bits per heavy atom. The molecular weight excluding hydrogens is 280 g/mol. The Balaban J connectivity index is 2.53. The molecule has 0 unspecified atom stereocenters. The van der Waals surface area contributed by atoms with E-state index in [1.807, 2.05) is 39.2 Å². The standard InChI is InChI=1S/C17H26N2O3/c1-5-22-15-9-7-14(13-16(15)21-4)8-10-17(20)18-11-6-12-19(2)3/h7-10,13H,5-6,11-12H2,1-4H3,(H,18,20)/b10-8+. The molecule has 0 radical (unpaired) electrons. The van der Waals surface area contributed by atoms with Crippen LogP contribution >= 0.6 is 0 Å². The number of rotatable bonds is 9. The molecule has 1 amide bonds. The minimum Gasteiger partial charge on any atom is -0.493 e. The molecule has 0 aromatic heterocycles. The molecule has 0 heterocycles. The first-order valence-electron chi connectivity index (χ1n) is 7.48. The van der Waals surface area contributed by atoms with Crippen molar-refractivity contribution in [3.05, 3.63) is 29.8 Å². The quantitative estimate of drug-likeness (QED) is 0.561. The molecule has 0 saturated heterocycles. The zero-order valence-corrected chi connectivity index (χ0v) is 13.9. The van der Waals surface area contributed by atoms with E-state index in [-0.39, 0.29) is 5.91 Å².